The average Bonchev–Trinajstić information content (AvgIpc) is 3.08. The Morgan fingerprint density at radius 1 is 1.32 bits per heavy atom. The van der Waals surface area contributed by atoms with Crippen LogP contribution in [-0.2, 0) is 0 Å². The Bertz CT molecular complexity index is 726. The van der Waals surface area contributed by atoms with Crippen LogP contribution in [0.15, 0.2) is 36.9 Å². The topological polar surface area (TPSA) is 90.1 Å². The van der Waals surface area contributed by atoms with Crippen LogP contribution >= 0.6 is 0 Å². The Balaban J connectivity index is 2.10. The molecule has 0 radical (unpaired) electrons. The fraction of sp³-hybridized carbons (Fsp3) is 0.444. The molecule has 25 heavy (non-hydrogen) atoms. The summed E-state index contributed by atoms with van der Waals surface area (Å²) in [6, 6.07) is 4.50. The van der Waals surface area contributed by atoms with Crippen molar-refractivity contribution in [1.29, 1.82) is 0 Å². The van der Waals surface area contributed by atoms with Crippen LogP contribution in [0.5, 0.6) is 0 Å². The fourth-order valence-corrected chi connectivity index (χ4v) is 2.64. The van der Waals surface area contributed by atoms with Gasteiger partial charge in [0.1, 0.15) is 5.69 Å². The largest absolute Gasteiger partial charge is 0.350 e. The van der Waals surface area contributed by atoms with E-state index in [0.29, 0.717) is 11.6 Å². The summed E-state index contributed by atoms with van der Waals surface area (Å²) in [5, 5.41) is 14.3. The Morgan fingerprint density at radius 3 is 2.68 bits per heavy atom. The molecule has 1 N–H and O–H groups in total. The number of carbonyl (C=O) groups is 1. The van der Waals surface area contributed by atoms with Crippen molar-refractivity contribution in [2.24, 2.45) is 5.92 Å². The summed E-state index contributed by atoms with van der Waals surface area (Å²) >= 11 is 0. The average molecular weight is 344 g/mol. The van der Waals surface area contributed by atoms with Crippen LogP contribution < -0.4 is 5.32 Å². The zero-order chi connectivity index (χ0) is 18.4. The zero-order valence-electron chi connectivity index (χ0n) is 14.8. The third kappa shape index (κ3) is 5.14. The van der Waals surface area contributed by atoms with Crippen molar-refractivity contribution in [3.8, 4) is 5.69 Å². The van der Waals surface area contributed by atoms with Gasteiger partial charge >= 0.3 is 0 Å². The second kappa shape index (κ2) is 8.41. The molecule has 2 rings (SSSR count). The summed E-state index contributed by atoms with van der Waals surface area (Å²) in [7, 11) is 0. The minimum absolute atomic E-state index is 0.0265. The zero-order valence-corrected chi connectivity index (χ0v) is 14.8. The van der Waals surface area contributed by atoms with Gasteiger partial charge in [-0.25, -0.2) is 4.98 Å². The first-order chi connectivity index (χ1) is 11.9. The van der Waals surface area contributed by atoms with Crippen molar-refractivity contribution in [1.82, 2.24) is 14.9 Å². The van der Waals surface area contributed by atoms with Gasteiger partial charge in [-0.05, 0) is 31.4 Å². The molecule has 0 bridgehead atoms. The molecule has 2 aromatic rings. The maximum absolute atomic E-state index is 12.4. The first-order valence-corrected chi connectivity index (χ1v) is 8.46. The van der Waals surface area contributed by atoms with Crippen LogP contribution in [0.2, 0.25) is 0 Å². The molecule has 0 saturated heterocycles. The van der Waals surface area contributed by atoms with Gasteiger partial charge in [-0.3, -0.25) is 14.9 Å². The van der Waals surface area contributed by atoms with Crippen molar-refractivity contribution < 1.29 is 9.72 Å². The van der Waals surface area contributed by atoms with Crippen molar-refractivity contribution in [2.45, 2.75) is 46.1 Å². The van der Waals surface area contributed by atoms with Gasteiger partial charge in [-0.15, -0.1) is 0 Å². The molecule has 1 unspecified atom stereocenters. The number of aromatic nitrogens is 2. The Kier molecular flexibility index (Phi) is 6.27. The normalized spacial score (nSPS) is 12.2. The molecular formula is C18H24N4O3. The van der Waals surface area contributed by atoms with Crippen LogP contribution in [-0.4, -0.2) is 26.4 Å². The molecule has 7 nitrogen and oxygen atoms in total. The summed E-state index contributed by atoms with van der Waals surface area (Å²) in [5.74, 6) is 0.346. The summed E-state index contributed by atoms with van der Waals surface area (Å²) < 4.78 is 1.55. The van der Waals surface area contributed by atoms with Crippen molar-refractivity contribution >= 4 is 11.6 Å². The van der Waals surface area contributed by atoms with E-state index in [1.165, 1.54) is 12.4 Å². The van der Waals surface area contributed by atoms with Gasteiger partial charge in [0.2, 0.25) is 0 Å². The first kappa shape index (κ1) is 18.6. The Hall–Kier alpha value is -2.70. The number of hydrogen-bond acceptors (Lipinski definition) is 4. The molecule has 0 spiro atoms. The van der Waals surface area contributed by atoms with Gasteiger partial charge in [-0.1, -0.05) is 26.7 Å². The number of nitrogens with zero attached hydrogens (tertiary/aromatic N) is 3. The highest BCUT2D eigenvalue weighted by atomic mass is 16.6. The minimum Gasteiger partial charge on any atom is -0.350 e. The lowest BCUT2D eigenvalue weighted by molar-refractivity contribution is -0.384. The number of nitrogens with one attached hydrogen (secondary N) is 1. The van der Waals surface area contributed by atoms with Gasteiger partial charge < -0.3 is 9.88 Å². The van der Waals surface area contributed by atoms with E-state index in [2.05, 4.69) is 24.1 Å². The number of nitro benzene ring substituents is 1. The van der Waals surface area contributed by atoms with E-state index < -0.39 is 4.92 Å². The molecule has 1 aromatic heterocycles. The van der Waals surface area contributed by atoms with Crippen LogP contribution in [0.25, 0.3) is 5.69 Å². The SMILES string of the molecule is CC(C)CCCC(C)NC(=O)c1ccc(-n2ccnc2)c([N+](=O)[O-])c1. The molecule has 1 aromatic carbocycles. The molecule has 134 valence electrons. The first-order valence-electron chi connectivity index (χ1n) is 8.46. The monoisotopic (exact) mass is 344 g/mol. The molecule has 0 aliphatic rings. The lowest BCUT2D eigenvalue weighted by Gasteiger charge is -2.15. The van der Waals surface area contributed by atoms with Crippen LogP contribution in [0, 0.1) is 16.0 Å². The molecule has 1 atom stereocenters. The van der Waals surface area contributed by atoms with E-state index in [1.807, 2.05) is 6.92 Å². The smallest absolute Gasteiger partial charge is 0.294 e. The molecule has 0 fully saturated rings. The molecule has 1 amide bonds. The lowest BCUT2D eigenvalue weighted by atomic mass is 10.0. The summed E-state index contributed by atoms with van der Waals surface area (Å²) in [6.07, 6.45) is 7.70. The van der Waals surface area contributed by atoms with Gasteiger partial charge in [0.15, 0.2) is 0 Å². The highest BCUT2D eigenvalue weighted by molar-refractivity contribution is 5.95. The Morgan fingerprint density at radius 2 is 2.08 bits per heavy atom. The van der Waals surface area contributed by atoms with Crippen LogP contribution in [0.1, 0.15) is 50.4 Å². The van der Waals surface area contributed by atoms with E-state index in [4.69, 9.17) is 0 Å². The highest BCUT2D eigenvalue weighted by Gasteiger charge is 2.19. The lowest BCUT2D eigenvalue weighted by Crippen LogP contribution is -2.32. The summed E-state index contributed by atoms with van der Waals surface area (Å²) in [4.78, 5) is 27.1. The molecule has 0 aliphatic heterocycles. The van der Waals surface area contributed by atoms with E-state index in [9.17, 15) is 14.9 Å². The number of rotatable bonds is 8. The van der Waals surface area contributed by atoms with E-state index >= 15 is 0 Å². The third-order valence-corrected chi connectivity index (χ3v) is 4.01. The predicted molar refractivity (Wildman–Crippen MR) is 95.8 cm³/mol. The van der Waals surface area contributed by atoms with Gasteiger partial charge in [0.25, 0.3) is 11.6 Å². The molecule has 0 saturated carbocycles. The molecule has 1 heterocycles. The van der Waals surface area contributed by atoms with Crippen molar-refractivity contribution in [3.63, 3.8) is 0 Å². The third-order valence-electron chi connectivity index (χ3n) is 4.01. The summed E-state index contributed by atoms with van der Waals surface area (Å²) in [6.45, 7) is 6.29. The maximum Gasteiger partial charge on any atom is 0.294 e. The standard InChI is InChI=1S/C18H24N4O3/c1-13(2)5-4-6-14(3)20-18(23)15-7-8-16(17(11-15)22(24)25)21-10-9-19-12-21/h7-14H,4-6H2,1-3H3,(H,20,23). The number of imidazole rings is 1. The van der Waals surface area contributed by atoms with E-state index in [-0.39, 0.29) is 23.2 Å². The van der Waals surface area contributed by atoms with Crippen molar-refractivity contribution in [3.05, 3.63) is 52.6 Å². The highest BCUT2D eigenvalue weighted by Crippen LogP contribution is 2.24. The van der Waals surface area contributed by atoms with E-state index in [0.717, 1.165) is 19.3 Å². The number of carbonyl (C=O) groups excluding carboxylic acids is 1. The second-order valence-corrected chi connectivity index (χ2v) is 6.63. The van der Waals surface area contributed by atoms with Gasteiger partial charge in [0, 0.05) is 30.1 Å². The Labute approximate surface area is 147 Å². The number of hydrogen-bond donors (Lipinski definition) is 1. The molecule has 7 heteroatoms. The number of nitro groups is 1. The minimum atomic E-state index is -0.488. The quantitative estimate of drug-likeness (QED) is 0.583. The number of benzene rings is 1. The number of amides is 1. The van der Waals surface area contributed by atoms with Crippen LogP contribution in [0.4, 0.5) is 5.69 Å². The molecule has 0 aliphatic carbocycles. The van der Waals surface area contributed by atoms with Gasteiger partial charge in [-0.2, -0.15) is 0 Å². The maximum atomic E-state index is 12.4. The van der Waals surface area contributed by atoms with E-state index in [1.54, 1.807) is 29.1 Å². The van der Waals surface area contributed by atoms with Crippen LogP contribution in [0.3, 0.4) is 0 Å². The second-order valence-electron chi connectivity index (χ2n) is 6.63. The van der Waals surface area contributed by atoms with Crippen molar-refractivity contribution in [2.75, 3.05) is 0 Å². The summed E-state index contributed by atoms with van der Waals surface area (Å²) in [5.41, 5.74) is 0.536. The van der Waals surface area contributed by atoms with Gasteiger partial charge in [0.05, 0.1) is 11.3 Å². The molecular weight excluding hydrogens is 320 g/mol. The predicted octanol–water partition coefficient (Wildman–Crippen LogP) is 3.73. The fourth-order valence-electron chi connectivity index (χ4n) is 2.64.